The lowest BCUT2D eigenvalue weighted by molar-refractivity contribution is 0.208. The summed E-state index contributed by atoms with van der Waals surface area (Å²) in [4.78, 5) is 15.0. The quantitative estimate of drug-likeness (QED) is 0.533. The van der Waals surface area contributed by atoms with Gasteiger partial charge >= 0.3 is 6.03 Å². The van der Waals surface area contributed by atoms with E-state index in [4.69, 9.17) is 0 Å². The van der Waals surface area contributed by atoms with Crippen molar-refractivity contribution >= 4 is 27.6 Å². The molecule has 0 aromatic heterocycles. The van der Waals surface area contributed by atoms with Gasteiger partial charge in [0.25, 0.3) is 0 Å². The number of hydrogen-bond acceptors (Lipinski definition) is 1. The molecular weight excluding hydrogens is 412 g/mol. The molecule has 28 heavy (non-hydrogen) atoms. The Balaban J connectivity index is 1.65. The third kappa shape index (κ3) is 3.57. The van der Waals surface area contributed by atoms with Gasteiger partial charge in [-0.15, -0.1) is 0 Å². The number of carbonyl (C=O) groups excluding carboxylic acids is 1. The van der Waals surface area contributed by atoms with Crippen molar-refractivity contribution in [2.75, 3.05) is 11.9 Å². The zero-order chi connectivity index (χ0) is 19.6. The summed E-state index contributed by atoms with van der Waals surface area (Å²) in [5, 5.41) is 3.05. The number of benzene rings is 3. The molecule has 142 valence electrons. The van der Waals surface area contributed by atoms with E-state index in [9.17, 15) is 4.79 Å². The van der Waals surface area contributed by atoms with Crippen molar-refractivity contribution in [3.63, 3.8) is 0 Å². The molecule has 0 spiro atoms. The minimum atomic E-state index is -0.195. The van der Waals surface area contributed by atoms with Gasteiger partial charge in [0, 0.05) is 28.2 Å². The maximum atomic E-state index is 13.1. The summed E-state index contributed by atoms with van der Waals surface area (Å²) in [5.41, 5.74) is 3.12. The van der Waals surface area contributed by atoms with E-state index in [1.54, 1.807) is 0 Å². The monoisotopic (exact) mass is 434 g/mol. The topological polar surface area (TPSA) is 32.3 Å². The first-order valence-corrected chi connectivity index (χ1v) is 10.3. The number of anilines is 1. The van der Waals surface area contributed by atoms with Crippen molar-refractivity contribution < 1.29 is 4.79 Å². The first kappa shape index (κ1) is 18.8. The molecule has 1 fully saturated rings. The molecule has 1 aliphatic rings. The van der Waals surface area contributed by atoms with E-state index in [0.717, 1.165) is 16.6 Å². The molecule has 0 saturated carbocycles. The van der Waals surface area contributed by atoms with Crippen LogP contribution in [0.5, 0.6) is 0 Å². The lowest BCUT2D eigenvalue weighted by Gasteiger charge is -2.30. The van der Waals surface area contributed by atoms with Crippen LogP contribution in [0.15, 0.2) is 89.4 Å². The maximum absolute atomic E-state index is 13.1. The molecule has 1 atom stereocenters. The van der Waals surface area contributed by atoms with E-state index in [-0.39, 0.29) is 17.5 Å². The highest BCUT2D eigenvalue weighted by molar-refractivity contribution is 9.10. The summed E-state index contributed by atoms with van der Waals surface area (Å²) in [6.45, 7) is 2.79. The lowest BCUT2D eigenvalue weighted by Crippen LogP contribution is -2.39. The number of hydrogen-bond donors (Lipinski definition) is 1. The number of amides is 2. The molecule has 3 nitrogen and oxygen atoms in total. The fourth-order valence-corrected chi connectivity index (χ4v) is 4.49. The zero-order valence-corrected chi connectivity index (χ0v) is 17.4. The Kier molecular flexibility index (Phi) is 5.23. The number of urea groups is 1. The van der Waals surface area contributed by atoms with Crippen molar-refractivity contribution in [1.29, 1.82) is 0 Å². The Morgan fingerprint density at radius 2 is 1.46 bits per heavy atom. The second-order valence-electron chi connectivity index (χ2n) is 7.43. The molecule has 1 heterocycles. The minimum absolute atomic E-state index is 0.0523. The van der Waals surface area contributed by atoms with Crippen LogP contribution in [0, 0.1) is 0 Å². The summed E-state index contributed by atoms with van der Waals surface area (Å²) >= 11 is 3.43. The summed E-state index contributed by atoms with van der Waals surface area (Å²) in [7, 11) is 0. The molecule has 2 amide bonds. The predicted octanol–water partition coefficient (Wildman–Crippen LogP) is 6.06. The molecule has 0 bridgehead atoms. The van der Waals surface area contributed by atoms with E-state index in [1.807, 2.05) is 41.3 Å². The smallest absolute Gasteiger partial charge is 0.321 e. The average Bonchev–Trinajstić information content (AvgIpc) is 3.10. The number of carbonyl (C=O) groups is 1. The van der Waals surface area contributed by atoms with E-state index in [0.29, 0.717) is 6.54 Å². The van der Waals surface area contributed by atoms with E-state index in [1.165, 1.54) is 11.1 Å². The van der Waals surface area contributed by atoms with Crippen molar-refractivity contribution in [3.8, 4) is 0 Å². The van der Waals surface area contributed by atoms with Crippen LogP contribution in [0.2, 0.25) is 0 Å². The normalized spacial score (nSPS) is 18.1. The summed E-state index contributed by atoms with van der Waals surface area (Å²) < 4.78 is 0.993. The fourth-order valence-electron chi connectivity index (χ4n) is 4.23. The van der Waals surface area contributed by atoms with E-state index in [2.05, 4.69) is 76.7 Å². The summed E-state index contributed by atoms with van der Waals surface area (Å²) in [6.07, 6.45) is 0.898. The van der Waals surface area contributed by atoms with Crippen LogP contribution in [0.1, 0.15) is 24.5 Å². The van der Waals surface area contributed by atoms with Crippen LogP contribution >= 0.6 is 15.9 Å². The van der Waals surface area contributed by atoms with Gasteiger partial charge in [-0.25, -0.2) is 4.79 Å². The van der Waals surface area contributed by atoms with Crippen molar-refractivity contribution in [2.45, 2.75) is 24.8 Å². The Hall–Kier alpha value is -2.59. The van der Waals surface area contributed by atoms with Crippen LogP contribution in [0.3, 0.4) is 0 Å². The average molecular weight is 435 g/mol. The number of nitrogens with zero attached hydrogens (tertiary/aromatic N) is 1. The number of nitrogens with one attached hydrogen (secondary N) is 1. The standard InChI is InChI=1S/C24H23BrN2O/c1-18-16-24(19-8-4-2-5-9-19,20-10-6-3-7-11-20)17-27(18)23(28)26-22-14-12-21(25)13-15-22/h2-15,18H,16-17H2,1H3,(H,26,28)/t18-/m1/s1. The van der Waals surface area contributed by atoms with Crippen LogP contribution in [-0.4, -0.2) is 23.5 Å². The molecule has 4 heteroatoms. The molecule has 3 aromatic rings. The van der Waals surface area contributed by atoms with Gasteiger partial charge in [-0.1, -0.05) is 76.6 Å². The SMILES string of the molecule is C[C@@H]1CC(c2ccccc2)(c2ccccc2)CN1C(=O)Nc1ccc(Br)cc1. The molecule has 0 aliphatic carbocycles. The largest absolute Gasteiger partial charge is 0.322 e. The van der Waals surface area contributed by atoms with Gasteiger partial charge < -0.3 is 10.2 Å². The van der Waals surface area contributed by atoms with Gasteiger partial charge in [0.05, 0.1) is 0 Å². The molecule has 1 saturated heterocycles. The maximum Gasteiger partial charge on any atom is 0.322 e. The lowest BCUT2D eigenvalue weighted by atomic mass is 9.73. The van der Waals surface area contributed by atoms with Gasteiger partial charge in [0.15, 0.2) is 0 Å². The van der Waals surface area contributed by atoms with Crippen LogP contribution < -0.4 is 5.32 Å². The van der Waals surface area contributed by atoms with Crippen LogP contribution in [-0.2, 0) is 5.41 Å². The van der Waals surface area contributed by atoms with Gasteiger partial charge in [0.2, 0.25) is 0 Å². The molecule has 4 rings (SSSR count). The van der Waals surface area contributed by atoms with Gasteiger partial charge in [-0.3, -0.25) is 0 Å². The first-order chi connectivity index (χ1) is 13.6. The van der Waals surface area contributed by atoms with Crippen molar-refractivity contribution in [2.24, 2.45) is 0 Å². The van der Waals surface area contributed by atoms with E-state index < -0.39 is 0 Å². The molecule has 0 radical (unpaired) electrons. The Bertz CT molecular complexity index is 902. The molecular formula is C24H23BrN2O. The highest BCUT2D eigenvalue weighted by atomic mass is 79.9. The van der Waals surface area contributed by atoms with Gasteiger partial charge in [-0.05, 0) is 48.7 Å². The number of likely N-dealkylation sites (tertiary alicyclic amines) is 1. The fraction of sp³-hybridized carbons (Fsp3) is 0.208. The highest BCUT2D eigenvalue weighted by Crippen LogP contribution is 2.43. The van der Waals surface area contributed by atoms with Gasteiger partial charge in [-0.2, -0.15) is 0 Å². The van der Waals surface area contributed by atoms with E-state index >= 15 is 0 Å². The van der Waals surface area contributed by atoms with Crippen LogP contribution in [0.4, 0.5) is 10.5 Å². The van der Waals surface area contributed by atoms with Crippen LogP contribution in [0.25, 0.3) is 0 Å². The first-order valence-electron chi connectivity index (χ1n) is 9.53. The predicted molar refractivity (Wildman–Crippen MR) is 118 cm³/mol. The second kappa shape index (κ2) is 7.80. The number of halogens is 1. The highest BCUT2D eigenvalue weighted by Gasteiger charge is 2.46. The van der Waals surface area contributed by atoms with Crippen molar-refractivity contribution in [3.05, 3.63) is 101 Å². The zero-order valence-electron chi connectivity index (χ0n) is 15.8. The Morgan fingerprint density at radius 3 is 2.00 bits per heavy atom. The third-order valence-corrected chi connectivity index (χ3v) is 6.15. The molecule has 1 aliphatic heterocycles. The third-order valence-electron chi connectivity index (χ3n) is 5.63. The summed E-state index contributed by atoms with van der Waals surface area (Å²) in [5.74, 6) is 0. The second-order valence-corrected chi connectivity index (χ2v) is 8.35. The van der Waals surface area contributed by atoms with Crippen molar-refractivity contribution in [1.82, 2.24) is 4.90 Å². The Morgan fingerprint density at radius 1 is 0.929 bits per heavy atom. The summed E-state index contributed by atoms with van der Waals surface area (Å²) in [6, 6.07) is 28.9. The molecule has 1 N–H and O–H groups in total. The van der Waals surface area contributed by atoms with Gasteiger partial charge in [0.1, 0.15) is 0 Å². The number of rotatable bonds is 3. The minimum Gasteiger partial charge on any atom is -0.321 e. The molecule has 3 aromatic carbocycles. The molecule has 0 unspecified atom stereocenters. The Labute approximate surface area is 174 Å².